The van der Waals surface area contributed by atoms with Gasteiger partial charge in [-0.05, 0) is 25.0 Å². The summed E-state index contributed by atoms with van der Waals surface area (Å²) in [6.07, 6.45) is 2.14. The Balaban J connectivity index is 2.85. The molecule has 0 saturated carbocycles. The Labute approximate surface area is 126 Å². The maximum atomic E-state index is 12.5. The van der Waals surface area contributed by atoms with Crippen LogP contribution >= 0.6 is 0 Å². The molecular formula is C16H25N3O2. The summed E-state index contributed by atoms with van der Waals surface area (Å²) in [7, 11) is 0. The van der Waals surface area contributed by atoms with E-state index >= 15 is 0 Å². The molecule has 1 aromatic carbocycles. The predicted molar refractivity (Wildman–Crippen MR) is 84.6 cm³/mol. The third-order valence-corrected chi connectivity index (χ3v) is 3.84. The normalized spacial score (nSPS) is 11.7. The van der Waals surface area contributed by atoms with Crippen LogP contribution in [0.15, 0.2) is 29.4 Å². The van der Waals surface area contributed by atoms with Gasteiger partial charge in [-0.3, -0.25) is 4.79 Å². The Morgan fingerprint density at radius 1 is 1.19 bits per heavy atom. The average molecular weight is 291 g/mol. The first-order chi connectivity index (χ1) is 10.1. The van der Waals surface area contributed by atoms with E-state index in [9.17, 15) is 4.79 Å². The Morgan fingerprint density at radius 3 is 2.14 bits per heavy atom. The lowest BCUT2D eigenvalue weighted by atomic mass is 10.0. The van der Waals surface area contributed by atoms with Gasteiger partial charge < -0.3 is 15.8 Å². The van der Waals surface area contributed by atoms with Crippen molar-refractivity contribution in [2.24, 2.45) is 16.8 Å². The van der Waals surface area contributed by atoms with Gasteiger partial charge in [0.25, 0.3) is 5.91 Å². The number of amides is 1. The summed E-state index contributed by atoms with van der Waals surface area (Å²) < 4.78 is 0. The van der Waals surface area contributed by atoms with Crippen LogP contribution < -0.4 is 5.73 Å². The summed E-state index contributed by atoms with van der Waals surface area (Å²) in [6.45, 7) is 7.77. The van der Waals surface area contributed by atoms with Crippen molar-refractivity contribution in [3.8, 4) is 0 Å². The molecule has 0 aliphatic heterocycles. The number of nitrogens with two attached hydrogens (primary N) is 1. The quantitative estimate of drug-likeness (QED) is 0.351. The molecule has 0 bridgehead atoms. The van der Waals surface area contributed by atoms with Crippen molar-refractivity contribution in [2.75, 3.05) is 13.1 Å². The number of hydrogen-bond donors (Lipinski definition) is 2. The van der Waals surface area contributed by atoms with Crippen LogP contribution in [0.2, 0.25) is 0 Å². The standard InChI is InChI=1S/C16H25N3O2/c1-4-12(5-2)11-19(6-3)16(20)14-9-7-13(8-10-14)15(17)18-21/h7-10,12,21H,4-6,11H2,1-3H3,(H2,17,18). The van der Waals surface area contributed by atoms with Crippen LogP contribution in [-0.2, 0) is 0 Å². The number of rotatable bonds is 7. The van der Waals surface area contributed by atoms with Crippen molar-refractivity contribution in [3.05, 3.63) is 35.4 Å². The highest BCUT2D eigenvalue weighted by molar-refractivity contribution is 5.99. The van der Waals surface area contributed by atoms with Crippen molar-refractivity contribution >= 4 is 11.7 Å². The third-order valence-electron chi connectivity index (χ3n) is 3.84. The monoisotopic (exact) mass is 291 g/mol. The third kappa shape index (κ3) is 4.48. The molecule has 1 amide bonds. The summed E-state index contributed by atoms with van der Waals surface area (Å²) in [5, 5.41) is 11.6. The molecule has 0 spiro atoms. The van der Waals surface area contributed by atoms with E-state index < -0.39 is 0 Å². The minimum atomic E-state index is 0.0236. The van der Waals surface area contributed by atoms with Crippen molar-refractivity contribution < 1.29 is 10.0 Å². The van der Waals surface area contributed by atoms with Crippen LogP contribution in [0.5, 0.6) is 0 Å². The summed E-state index contributed by atoms with van der Waals surface area (Å²) in [6, 6.07) is 6.80. The van der Waals surface area contributed by atoms with E-state index in [1.54, 1.807) is 24.3 Å². The molecule has 3 N–H and O–H groups in total. The number of carbonyl (C=O) groups excluding carboxylic acids is 1. The zero-order valence-electron chi connectivity index (χ0n) is 13.0. The minimum Gasteiger partial charge on any atom is -0.409 e. The highest BCUT2D eigenvalue weighted by Crippen LogP contribution is 2.13. The van der Waals surface area contributed by atoms with E-state index in [1.807, 2.05) is 11.8 Å². The van der Waals surface area contributed by atoms with E-state index in [1.165, 1.54) is 0 Å². The van der Waals surface area contributed by atoms with Crippen LogP contribution in [0.25, 0.3) is 0 Å². The molecule has 1 aromatic rings. The van der Waals surface area contributed by atoms with Gasteiger partial charge in [0.15, 0.2) is 5.84 Å². The lowest BCUT2D eigenvalue weighted by Gasteiger charge is -2.25. The number of amidine groups is 1. The Morgan fingerprint density at radius 2 is 1.71 bits per heavy atom. The first-order valence-corrected chi connectivity index (χ1v) is 7.44. The van der Waals surface area contributed by atoms with E-state index in [-0.39, 0.29) is 11.7 Å². The molecule has 0 aliphatic rings. The summed E-state index contributed by atoms with van der Waals surface area (Å²) in [4.78, 5) is 14.4. The minimum absolute atomic E-state index is 0.0236. The second kappa shape index (κ2) is 8.29. The topological polar surface area (TPSA) is 78.9 Å². The molecule has 0 atom stereocenters. The van der Waals surface area contributed by atoms with Crippen molar-refractivity contribution in [3.63, 3.8) is 0 Å². The van der Waals surface area contributed by atoms with Gasteiger partial charge in [0.05, 0.1) is 0 Å². The molecule has 0 radical (unpaired) electrons. The Kier molecular flexibility index (Phi) is 6.72. The summed E-state index contributed by atoms with van der Waals surface area (Å²) in [5.41, 5.74) is 6.73. The van der Waals surface area contributed by atoms with Gasteiger partial charge >= 0.3 is 0 Å². The SMILES string of the molecule is CCC(CC)CN(CC)C(=O)c1ccc(C(N)=NO)cc1. The van der Waals surface area contributed by atoms with Gasteiger partial charge in [-0.1, -0.05) is 44.0 Å². The van der Waals surface area contributed by atoms with Gasteiger partial charge in [0, 0.05) is 24.2 Å². The second-order valence-electron chi connectivity index (χ2n) is 5.09. The highest BCUT2D eigenvalue weighted by atomic mass is 16.4. The number of oxime groups is 1. The maximum absolute atomic E-state index is 12.5. The molecule has 0 fully saturated rings. The van der Waals surface area contributed by atoms with Gasteiger partial charge in [-0.25, -0.2) is 0 Å². The molecular weight excluding hydrogens is 266 g/mol. The van der Waals surface area contributed by atoms with Gasteiger partial charge in [-0.15, -0.1) is 0 Å². The molecule has 0 heterocycles. The lowest BCUT2D eigenvalue weighted by Crippen LogP contribution is -2.35. The van der Waals surface area contributed by atoms with Crippen LogP contribution in [0, 0.1) is 5.92 Å². The van der Waals surface area contributed by atoms with Gasteiger partial charge in [0.1, 0.15) is 0 Å². The Bertz CT molecular complexity index is 479. The van der Waals surface area contributed by atoms with Gasteiger partial charge in [0.2, 0.25) is 0 Å². The van der Waals surface area contributed by atoms with Crippen LogP contribution in [0.3, 0.4) is 0 Å². The lowest BCUT2D eigenvalue weighted by molar-refractivity contribution is 0.0735. The van der Waals surface area contributed by atoms with Crippen LogP contribution in [0.4, 0.5) is 0 Å². The van der Waals surface area contributed by atoms with Crippen molar-refractivity contribution in [1.29, 1.82) is 0 Å². The molecule has 5 nitrogen and oxygen atoms in total. The molecule has 0 aliphatic carbocycles. The highest BCUT2D eigenvalue weighted by Gasteiger charge is 2.17. The molecule has 116 valence electrons. The zero-order chi connectivity index (χ0) is 15.8. The van der Waals surface area contributed by atoms with E-state index in [2.05, 4.69) is 19.0 Å². The van der Waals surface area contributed by atoms with Crippen LogP contribution in [-0.4, -0.2) is 34.9 Å². The Hall–Kier alpha value is -2.04. The average Bonchev–Trinajstić information content (AvgIpc) is 2.55. The van der Waals surface area contributed by atoms with E-state index in [0.29, 0.717) is 23.6 Å². The number of nitrogens with zero attached hydrogens (tertiary/aromatic N) is 2. The molecule has 0 aromatic heterocycles. The fraction of sp³-hybridized carbons (Fsp3) is 0.500. The fourth-order valence-electron chi connectivity index (χ4n) is 2.24. The fourth-order valence-corrected chi connectivity index (χ4v) is 2.24. The molecule has 1 rings (SSSR count). The van der Waals surface area contributed by atoms with Crippen molar-refractivity contribution in [2.45, 2.75) is 33.6 Å². The number of benzene rings is 1. The van der Waals surface area contributed by atoms with Crippen molar-refractivity contribution in [1.82, 2.24) is 4.90 Å². The first kappa shape index (κ1) is 17.0. The first-order valence-electron chi connectivity index (χ1n) is 7.44. The molecule has 0 saturated heterocycles. The van der Waals surface area contributed by atoms with Crippen LogP contribution in [0.1, 0.15) is 49.5 Å². The van der Waals surface area contributed by atoms with Gasteiger partial charge in [-0.2, -0.15) is 0 Å². The second-order valence-corrected chi connectivity index (χ2v) is 5.09. The van der Waals surface area contributed by atoms with E-state index in [0.717, 1.165) is 19.4 Å². The predicted octanol–water partition coefficient (Wildman–Crippen LogP) is 2.68. The summed E-state index contributed by atoms with van der Waals surface area (Å²) >= 11 is 0. The largest absolute Gasteiger partial charge is 0.409 e. The molecule has 0 unspecified atom stereocenters. The number of carbonyl (C=O) groups is 1. The maximum Gasteiger partial charge on any atom is 0.253 e. The summed E-state index contributed by atoms with van der Waals surface area (Å²) in [5.74, 6) is 0.596. The smallest absolute Gasteiger partial charge is 0.253 e. The zero-order valence-corrected chi connectivity index (χ0v) is 13.0. The molecule has 21 heavy (non-hydrogen) atoms. The molecule has 5 heteroatoms. The van der Waals surface area contributed by atoms with E-state index in [4.69, 9.17) is 10.9 Å². The number of hydrogen-bond acceptors (Lipinski definition) is 3.